The summed E-state index contributed by atoms with van der Waals surface area (Å²) in [7, 11) is 1.68. The van der Waals surface area contributed by atoms with Gasteiger partial charge in [-0.1, -0.05) is 30.3 Å². The minimum absolute atomic E-state index is 0.0591. The first-order valence-electron chi connectivity index (χ1n) is 5.41. The molecule has 96 valence electrons. The Bertz CT molecular complexity index is 477. The van der Waals surface area contributed by atoms with Gasteiger partial charge in [-0.25, -0.2) is 9.78 Å². The van der Waals surface area contributed by atoms with Crippen LogP contribution in [-0.4, -0.2) is 29.8 Å². The number of carboxylic acids is 1. The van der Waals surface area contributed by atoms with E-state index in [4.69, 9.17) is 9.52 Å². The van der Waals surface area contributed by atoms with Gasteiger partial charge in [-0.3, -0.25) is 0 Å². The standard InChI is InChI=1S/C10H7NO3.C3H8O/c12-10(13)8-9(14-6-11-8)7-4-2-1-3-5-7;1-3-4-2/h1-6H,(H,12,13);3H2,1-2H3. The second-order valence-corrected chi connectivity index (χ2v) is 3.28. The van der Waals surface area contributed by atoms with Crippen LogP contribution in [0.3, 0.4) is 0 Å². The van der Waals surface area contributed by atoms with Gasteiger partial charge in [0.2, 0.25) is 0 Å². The molecule has 5 heteroatoms. The van der Waals surface area contributed by atoms with E-state index in [9.17, 15) is 4.79 Å². The third kappa shape index (κ3) is 3.71. The molecule has 0 saturated heterocycles. The molecule has 0 aliphatic rings. The molecule has 0 fully saturated rings. The van der Waals surface area contributed by atoms with Crippen molar-refractivity contribution in [1.29, 1.82) is 0 Å². The Hall–Kier alpha value is -2.14. The number of nitrogens with zero attached hydrogens (tertiary/aromatic N) is 1. The minimum Gasteiger partial charge on any atom is -0.476 e. The molecule has 5 nitrogen and oxygen atoms in total. The normalized spacial score (nSPS) is 9.44. The van der Waals surface area contributed by atoms with Crippen molar-refractivity contribution >= 4 is 5.97 Å². The summed E-state index contributed by atoms with van der Waals surface area (Å²) in [6, 6.07) is 9.01. The van der Waals surface area contributed by atoms with Gasteiger partial charge in [-0.2, -0.15) is 0 Å². The lowest BCUT2D eigenvalue weighted by atomic mass is 10.1. The summed E-state index contributed by atoms with van der Waals surface area (Å²) < 4.78 is 9.56. The highest BCUT2D eigenvalue weighted by Gasteiger charge is 2.16. The van der Waals surface area contributed by atoms with E-state index in [2.05, 4.69) is 9.72 Å². The summed E-state index contributed by atoms with van der Waals surface area (Å²) in [6.07, 6.45) is 1.13. The van der Waals surface area contributed by atoms with Crippen LogP contribution in [0.15, 0.2) is 41.1 Å². The average Bonchev–Trinajstić information content (AvgIpc) is 2.89. The Balaban J connectivity index is 0.000000357. The number of oxazole rings is 1. The van der Waals surface area contributed by atoms with E-state index in [1.165, 1.54) is 0 Å². The second kappa shape index (κ2) is 7.24. The van der Waals surface area contributed by atoms with Crippen molar-refractivity contribution in [2.45, 2.75) is 6.92 Å². The Morgan fingerprint density at radius 1 is 1.39 bits per heavy atom. The van der Waals surface area contributed by atoms with E-state index in [1.54, 1.807) is 19.2 Å². The van der Waals surface area contributed by atoms with Crippen LogP contribution in [0.2, 0.25) is 0 Å². The maximum Gasteiger partial charge on any atom is 0.358 e. The van der Waals surface area contributed by atoms with Crippen LogP contribution in [0.4, 0.5) is 0 Å². The Kier molecular flexibility index (Phi) is 5.60. The average molecular weight is 249 g/mol. The zero-order valence-corrected chi connectivity index (χ0v) is 10.3. The Labute approximate surface area is 105 Å². The topological polar surface area (TPSA) is 72.6 Å². The van der Waals surface area contributed by atoms with Crippen molar-refractivity contribution in [2.75, 3.05) is 13.7 Å². The fourth-order valence-corrected chi connectivity index (χ4v) is 1.19. The molecule has 0 spiro atoms. The van der Waals surface area contributed by atoms with E-state index in [-0.39, 0.29) is 11.5 Å². The largest absolute Gasteiger partial charge is 0.476 e. The number of aromatic nitrogens is 1. The molecule has 0 atom stereocenters. The number of benzene rings is 1. The lowest BCUT2D eigenvalue weighted by Gasteiger charge is -1.95. The van der Waals surface area contributed by atoms with E-state index < -0.39 is 5.97 Å². The predicted octanol–water partition coefficient (Wildman–Crippen LogP) is 2.69. The highest BCUT2D eigenvalue weighted by atomic mass is 16.5. The highest BCUT2D eigenvalue weighted by Crippen LogP contribution is 2.22. The predicted molar refractivity (Wildman–Crippen MR) is 66.4 cm³/mol. The number of hydrogen-bond donors (Lipinski definition) is 1. The zero-order valence-electron chi connectivity index (χ0n) is 10.3. The molecule has 18 heavy (non-hydrogen) atoms. The van der Waals surface area contributed by atoms with Crippen LogP contribution >= 0.6 is 0 Å². The van der Waals surface area contributed by atoms with Crippen LogP contribution in [0.1, 0.15) is 17.4 Å². The lowest BCUT2D eigenvalue weighted by molar-refractivity contribution is 0.0691. The number of carbonyl (C=O) groups is 1. The van der Waals surface area contributed by atoms with Crippen LogP contribution in [0.5, 0.6) is 0 Å². The number of carboxylic acid groups (broad SMARTS) is 1. The molecule has 0 amide bonds. The van der Waals surface area contributed by atoms with Crippen LogP contribution in [0.25, 0.3) is 11.3 Å². The molecule has 0 radical (unpaired) electrons. The van der Waals surface area contributed by atoms with Gasteiger partial charge < -0.3 is 14.3 Å². The molecule has 1 N–H and O–H groups in total. The summed E-state index contributed by atoms with van der Waals surface area (Å²) in [5.41, 5.74) is 0.651. The van der Waals surface area contributed by atoms with E-state index in [0.717, 1.165) is 13.0 Å². The number of rotatable bonds is 3. The van der Waals surface area contributed by atoms with E-state index >= 15 is 0 Å². The van der Waals surface area contributed by atoms with E-state index in [0.29, 0.717) is 5.56 Å². The number of aromatic carboxylic acids is 1. The molecule has 0 aliphatic carbocycles. The highest BCUT2D eigenvalue weighted by molar-refractivity contribution is 5.91. The molecule has 0 bridgehead atoms. The third-order valence-electron chi connectivity index (χ3n) is 2.09. The first-order chi connectivity index (χ1) is 8.70. The van der Waals surface area contributed by atoms with Gasteiger partial charge in [-0.15, -0.1) is 0 Å². The maximum atomic E-state index is 10.7. The monoisotopic (exact) mass is 249 g/mol. The second-order valence-electron chi connectivity index (χ2n) is 3.28. The van der Waals surface area contributed by atoms with Gasteiger partial charge in [0.25, 0.3) is 0 Å². The van der Waals surface area contributed by atoms with Gasteiger partial charge in [-0.05, 0) is 6.92 Å². The maximum absolute atomic E-state index is 10.7. The van der Waals surface area contributed by atoms with Crippen molar-refractivity contribution in [3.05, 3.63) is 42.4 Å². The van der Waals surface area contributed by atoms with E-state index in [1.807, 2.05) is 25.1 Å². The van der Waals surface area contributed by atoms with Gasteiger partial charge in [0.1, 0.15) is 0 Å². The first kappa shape index (κ1) is 13.9. The van der Waals surface area contributed by atoms with Crippen molar-refractivity contribution in [3.8, 4) is 11.3 Å². The van der Waals surface area contributed by atoms with Gasteiger partial charge in [0.05, 0.1) is 0 Å². The molecule has 2 aromatic rings. The summed E-state index contributed by atoms with van der Waals surface area (Å²) in [5.74, 6) is -0.796. The summed E-state index contributed by atoms with van der Waals surface area (Å²) in [4.78, 5) is 14.4. The molecule has 2 rings (SSSR count). The van der Waals surface area contributed by atoms with Crippen LogP contribution in [0, 0.1) is 0 Å². The molecule has 1 aromatic carbocycles. The summed E-state index contributed by atoms with van der Waals surface area (Å²) in [6.45, 7) is 2.78. The Morgan fingerprint density at radius 2 is 2.00 bits per heavy atom. The van der Waals surface area contributed by atoms with Crippen LogP contribution in [-0.2, 0) is 4.74 Å². The Morgan fingerprint density at radius 3 is 2.50 bits per heavy atom. The molecular weight excluding hydrogens is 234 g/mol. The molecule has 0 unspecified atom stereocenters. The molecule has 0 aliphatic heterocycles. The fraction of sp³-hybridized carbons (Fsp3) is 0.231. The summed E-state index contributed by atoms with van der Waals surface area (Å²) in [5, 5.41) is 8.79. The van der Waals surface area contributed by atoms with Crippen molar-refractivity contribution < 1.29 is 19.1 Å². The zero-order chi connectivity index (χ0) is 13.4. The van der Waals surface area contributed by atoms with Crippen LogP contribution < -0.4 is 0 Å². The van der Waals surface area contributed by atoms with Crippen molar-refractivity contribution in [1.82, 2.24) is 4.98 Å². The van der Waals surface area contributed by atoms with Gasteiger partial charge in [0, 0.05) is 19.3 Å². The number of methoxy groups -OCH3 is 1. The molecular formula is C13H15NO4. The van der Waals surface area contributed by atoms with Crippen molar-refractivity contribution in [2.24, 2.45) is 0 Å². The molecule has 0 saturated carbocycles. The number of ether oxygens (including phenoxy) is 1. The molecule has 1 aromatic heterocycles. The van der Waals surface area contributed by atoms with Gasteiger partial charge >= 0.3 is 5.97 Å². The first-order valence-corrected chi connectivity index (χ1v) is 5.41. The van der Waals surface area contributed by atoms with Gasteiger partial charge in [0.15, 0.2) is 17.8 Å². The smallest absolute Gasteiger partial charge is 0.358 e. The summed E-state index contributed by atoms with van der Waals surface area (Å²) >= 11 is 0. The fourth-order valence-electron chi connectivity index (χ4n) is 1.19. The quantitative estimate of drug-likeness (QED) is 0.905. The lowest BCUT2D eigenvalue weighted by Crippen LogP contribution is -1.98. The SMILES string of the molecule is CCOC.O=C(O)c1ncoc1-c1ccccc1. The van der Waals surface area contributed by atoms with Crippen molar-refractivity contribution in [3.63, 3.8) is 0 Å². The number of hydrogen-bond acceptors (Lipinski definition) is 4. The third-order valence-corrected chi connectivity index (χ3v) is 2.09. The molecule has 1 heterocycles. The minimum atomic E-state index is -1.09.